The summed E-state index contributed by atoms with van der Waals surface area (Å²) in [6, 6.07) is 6.52. The molecule has 1 atom stereocenters. The predicted octanol–water partition coefficient (Wildman–Crippen LogP) is 3.52. The van der Waals surface area contributed by atoms with E-state index < -0.39 is 0 Å². The van der Waals surface area contributed by atoms with Gasteiger partial charge in [0.15, 0.2) is 17.5 Å². The first-order valence-electron chi connectivity index (χ1n) is 10.3. The highest BCUT2D eigenvalue weighted by Crippen LogP contribution is 2.35. The minimum atomic E-state index is 0. The lowest BCUT2D eigenvalue weighted by Gasteiger charge is -2.23. The van der Waals surface area contributed by atoms with Crippen LogP contribution in [0.3, 0.4) is 0 Å². The summed E-state index contributed by atoms with van der Waals surface area (Å²) in [6.07, 6.45) is 7.47. The fourth-order valence-corrected chi connectivity index (χ4v) is 4.14. The number of nitrogens with two attached hydrogens (primary N) is 1. The van der Waals surface area contributed by atoms with Crippen LogP contribution >= 0.6 is 24.0 Å². The number of hydrogen-bond acceptors (Lipinski definition) is 4. The van der Waals surface area contributed by atoms with E-state index in [1.807, 2.05) is 18.2 Å². The van der Waals surface area contributed by atoms with Gasteiger partial charge in [0.1, 0.15) is 0 Å². The molecular weight excluding hydrogens is 467 g/mol. The van der Waals surface area contributed by atoms with Crippen LogP contribution in [-0.4, -0.2) is 49.7 Å². The Balaban J connectivity index is 0.00000280. The number of aliphatic imine (C=N–C) groups is 1. The van der Waals surface area contributed by atoms with Crippen molar-refractivity contribution in [3.63, 3.8) is 0 Å². The molecule has 1 aliphatic carbocycles. The minimum Gasteiger partial charge on any atom is -0.493 e. The molecule has 28 heavy (non-hydrogen) atoms. The van der Waals surface area contributed by atoms with Gasteiger partial charge in [0.2, 0.25) is 0 Å². The smallest absolute Gasteiger partial charge is 0.188 e. The maximum absolute atomic E-state index is 6.27. The molecular formula is C21H35IN4O2. The second kappa shape index (κ2) is 11.7. The maximum Gasteiger partial charge on any atom is 0.188 e. The maximum atomic E-state index is 6.27. The lowest BCUT2D eigenvalue weighted by molar-refractivity contribution is 0.198. The van der Waals surface area contributed by atoms with Crippen LogP contribution in [0.15, 0.2) is 23.2 Å². The number of ether oxygens (including phenoxy) is 2. The fraction of sp³-hybridized carbons (Fsp3) is 0.667. The van der Waals surface area contributed by atoms with Crippen molar-refractivity contribution in [3.8, 4) is 11.5 Å². The first-order chi connectivity index (χ1) is 13.2. The molecule has 7 heteroatoms. The van der Waals surface area contributed by atoms with Crippen molar-refractivity contribution in [1.82, 2.24) is 10.2 Å². The topological polar surface area (TPSA) is 72.1 Å². The standard InChI is InChI=1S/C21H34N4O2.HI/c1-3-25-13-7-9-17(25)15-24-21(22)23-14-16-8-6-12-19(26-2)20(16)27-18-10-4-5-11-18;/h6,8,12,17-18H,3-5,7,9-11,13-15H2,1-2H3,(H3,22,23,24);1H. The number of hydrogen-bond donors (Lipinski definition) is 2. The van der Waals surface area contributed by atoms with Gasteiger partial charge in [-0.1, -0.05) is 19.1 Å². The van der Waals surface area contributed by atoms with Gasteiger partial charge in [0, 0.05) is 18.2 Å². The second-order valence-corrected chi connectivity index (χ2v) is 7.48. The molecule has 1 saturated carbocycles. The van der Waals surface area contributed by atoms with Gasteiger partial charge in [-0.25, -0.2) is 4.99 Å². The van der Waals surface area contributed by atoms with Crippen LogP contribution in [0.4, 0.5) is 0 Å². The zero-order valence-electron chi connectivity index (χ0n) is 17.2. The molecule has 3 rings (SSSR count). The van der Waals surface area contributed by atoms with Crippen LogP contribution < -0.4 is 20.5 Å². The minimum absolute atomic E-state index is 0. The molecule has 0 amide bonds. The lowest BCUT2D eigenvalue weighted by Crippen LogP contribution is -2.42. The van der Waals surface area contributed by atoms with Crippen LogP contribution in [0, 0.1) is 0 Å². The van der Waals surface area contributed by atoms with Crippen molar-refractivity contribution in [3.05, 3.63) is 23.8 Å². The van der Waals surface area contributed by atoms with E-state index in [1.165, 1.54) is 32.2 Å². The molecule has 0 spiro atoms. The number of para-hydroxylation sites is 1. The van der Waals surface area contributed by atoms with E-state index in [1.54, 1.807) is 7.11 Å². The summed E-state index contributed by atoms with van der Waals surface area (Å²) < 4.78 is 11.8. The molecule has 6 nitrogen and oxygen atoms in total. The quantitative estimate of drug-likeness (QED) is 0.324. The van der Waals surface area contributed by atoms with Gasteiger partial charge in [-0.2, -0.15) is 0 Å². The fourth-order valence-electron chi connectivity index (χ4n) is 4.14. The van der Waals surface area contributed by atoms with Crippen molar-refractivity contribution < 1.29 is 9.47 Å². The van der Waals surface area contributed by atoms with E-state index in [2.05, 4.69) is 22.1 Å². The molecule has 2 fully saturated rings. The molecule has 158 valence electrons. The van der Waals surface area contributed by atoms with Crippen molar-refractivity contribution in [1.29, 1.82) is 0 Å². The molecule has 0 aromatic heterocycles. The third-order valence-electron chi connectivity index (χ3n) is 5.71. The van der Waals surface area contributed by atoms with Crippen molar-refractivity contribution in [2.24, 2.45) is 10.7 Å². The number of benzene rings is 1. The van der Waals surface area contributed by atoms with Gasteiger partial charge >= 0.3 is 0 Å². The molecule has 2 aliphatic rings. The largest absolute Gasteiger partial charge is 0.493 e. The van der Waals surface area contributed by atoms with Crippen LogP contribution in [0.25, 0.3) is 0 Å². The first kappa shape index (κ1) is 23.1. The SMILES string of the molecule is CCN1CCCC1CNC(N)=NCc1cccc(OC)c1OC1CCCC1.I. The Labute approximate surface area is 186 Å². The van der Waals surface area contributed by atoms with Crippen molar-refractivity contribution in [2.45, 2.75) is 64.1 Å². The number of nitrogens with zero attached hydrogens (tertiary/aromatic N) is 2. The molecule has 1 aliphatic heterocycles. The van der Waals surface area contributed by atoms with Gasteiger partial charge in [0.05, 0.1) is 19.8 Å². The Hall–Kier alpha value is -1.22. The Morgan fingerprint density at radius 3 is 2.75 bits per heavy atom. The number of guanidine groups is 1. The summed E-state index contributed by atoms with van der Waals surface area (Å²) in [5.74, 6) is 2.08. The molecule has 1 saturated heterocycles. The van der Waals surface area contributed by atoms with Gasteiger partial charge in [-0.15, -0.1) is 24.0 Å². The zero-order valence-corrected chi connectivity index (χ0v) is 19.5. The monoisotopic (exact) mass is 502 g/mol. The van der Waals surface area contributed by atoms with Crippen LogP contribution in [0.1, 0.15) is 51.0 Å². The summed E-state index contributed by atoms with van der Waals surface area (Å²) in [4.78, 5) is 7.04. The highest BCUT2D eigenvalue weighted by Gasteiger charge is 2.23. The van der Waals surface area contributed by atoms with Crippen LogP contribution in [-0.2, 0) is 6.54 Å². The Morgan fingerprint density at radius 1 is 1.25 bits per heavy atom. The van der Waals surface area contributed by atoms with Crippen LogP contribution in [0.2, 0.25) is 0 Å². The first-order valence-corrected chi connectivity index (χ1v) is 10.3. The second-order valence-electron chi connectivity index (χ2n) is 7.48. The Morgan fingerprint density at radius 2 is 2.04 bits per heavy atom. The van der Waals surface area contributed by atoms with E-state index in [4.69, 9.17) is 15.2 Å². The highest BCUT2D eigenvalue weighted by atomic mass is 127. The summed E-state index contributed by atoms with van der Waals surface area (Å²) >= 11 is 0. The number of nitrogens with one attached hydrogen (secondary N) is 1. The molecule has 0 bridgehead atoms. The average Bonchev–Trinajstić information content (AvgIpc) is 3.36. The number of rotatable bonds is 8. The molecule has 0 radical (unpaired) electrons. The van der Waals surface area contributed by atoms with Crippen LogP contribution in [0.5, 0.6) is 11.5 Å². The van der Waals surface area contributed by atoms with E-state index in [0.29, 0.717) is 18.5 Å². The van der Waals surface area contributed by atoms with Gasteiger partial charge in [0.25, 0.3) is 0 Å². The van der Waals surface area contributed by atoms with E-state index >= 15 is 0 Å². The third-order valence-corrected chi connectivity index (χ3v) is 5.71. The highest BCUT2D eigenvalue weighted by molar-refractivity contribution is 14.0. The summed E-state index contributed by atoms with van der Waals surface area (Å²) in [5, 5.41) is 3.29. The lowest BCUT2D eigenvalue weighted by atomic mass is 10.1. The van der Waals surface area contributed by atoms with E-state index in [-0.39, 0.29) is 30.1 Å². The molecule has 1 aromatic carbocycles. The van der Waals surface area contributed by atoms with Crippen molar-refractivity contribution >= 4 is 29.9 Å². The molecule has 3 N–H and O–H groups in total. The Bertz CT molecular complexity index is 635. The molecule has 1 unspecified atom stereocenters. The van der Waals surface area contributed by atoms with Gasteiger partial charge < -0.3 is 20.5 Å². The van der Waals surface area contributed by atoms with Crippen molar-refractivity contribution in [2.75, 3.05) is 26.7 Å². The third kappa shape index (κ3) is 6.14. The summed E-state index contributed by atoms with van der Waals surface area (Å²) in [7, 11) is 1.68. The van der Waals surface area contributed by atoms with Gasteiger partial charge in [-0.05, 0) is 57.7 Å². The number of methoxy groups -OCH3 is 1. The summed E-state index contributed by atoms with van der Waals surface area (Å²) in [6.45, 7) is 5.83. The zero-order chi connectivity index (χ0) is 19.1. The number of likely N-dealkylation sites (tertiary alicyclic amines) is 1. The predicted molar refractivity (Wildman–Crippen MR) is 125 cm³/mol. The summed E-state index contributed by atoms with van der Waals surface area (Å²) in [5.41, 5.74) is 7.13. The normalized spacial score (nSPS) is 20.8. The number of halogens is 1. The Kier molecular flexibility index (Phi) is 9.64. The molecule has 1 heterocycles. The number of likely N-dealkylation sites (N-methyl/N-ethyl adjacent to an activating group) is 1. The van der Waals surface area contributed by atoms with E-state index in [0.717, 1.165) is 43.0 Å². The van der Waals surface area contributed by atoms with E-state index in [9.17, 15) is 0 Å². The van der Waals surface area contributed by atoms with Gasteiger partial charge in [-0.3, -0.25) is 4.90 Å². The molecule has 1 aromatic rings. The average molecular weight is 502 g/mol.